The standard InChI is InChI=1S/C32H42/c1-22-21-27(32(8,9)10)19-20-28(22)29(23-11-15-25(16-12-23)30(2,3)4)24-13-17-26(18-14-24)31(5,6)7/h11-21,29H,1-10H3. The maximum Gasteiger partial charge on any atom is 0.0342 e. The van der Waals surface area contributed by atoms with E-state index >= 15 is 0 Å². The monoisotopic (exact) mass is 426 g/mol. The molecule has 0 unspecified atom stereocenters. The largest absolute Gasteiger partial charge is 0.0582 e. The quantitative estimate of drug-likeness (QED) is 0.366. The second-order valence-corrected chi connectivity index (χ2v) is 12.5. The molecule has 32 heavy (non-hydrogen) atoms. The second kappa shape index (κ2) is 8.54. The van der Waals surface area contributed by atoms with Gasteiger partial charge in [-0.15, -0.1) is 0 Å². The van der Waals surface area contributed by atoms with Crippen LogP contribution in [0.15, 0.2) is 66.7 Å². The van der Waals surface area contributed by atoms with Gasteiger partial charge in [0.15, 0.2) is 0 Å². The summed E-state index contributed by atoms with van der Waals surface area (Å²) >= 11 is 0. The highest BCUT2D eigenvalue weighted by molar-refractivity contribution is 5.49. The van der Waals surface area contributed by atoms with Crippen LogP contribution in [-0.4, -0.2) is 0 Å². The highest BCUT2D eigenvalue weighted by Crippen LogP contribution is 2.37. The van der Waals surface area contributed by atoms with E-state index in [-0.39, 0.29) is 22.2 Å². The Morgan fingerprint density at radius 1 is 0.469 bits per heavy atom. The third-order valence-corrected chi connectivity index (χ3v) is 6.67. The van der Waals surface area contributed by atoms with Gasteiger partial charge in [0.25, 0.3) is 0 Å². The second-order valence-electron chi connectivity index (χ2n) is 12.5. The molecular weight excluding hydrogens is 384 g/mol. The number of hydrogen-bond acceptors (Lipinski definition) is 0. The van der Waals surface area contributed by atoms with Crippen LogP contribution in [0.3, 0.4) is 0 Å². The molecule has 0 saturated heterocycles. The summed E-state index contributed by atoms with van der Waals surface area (Å²) in [4.78, 5) is 0. The first kappa shape index (κ1) is 24.3. The summed E-state index contributed by atoms with van der Waals surface area (Å²) in [6.45, 7) is 22.8. The average Bonchev–Trinajstić information content (AvgIpc) is 2.68. The molecule has 0 bridgehead atoms. The third-order valence-electron chi connectivity index (χ3n) is 6.67. The summed E-state index contributed by atoms with van der Waals surface area (Å²) in [7, 11) is 0. The predicted molar refractivity (Wildman–Crippen MR) is 141 cm³/mol. The zero-order valence-corrected chi connectivity index (χ0v) is 21.9. The molecule has 3 aromatic rings. The Hall–Kier alpha value is -2.34. The fourth-order valence-electron chi connectivity index (χ4n) is 4.37. The van der Waals surface area contributed by atoms with E-state index in [2.05, 4.69) is 136 Å². The maximum atomic E-state index is 2.38. The lowest BCUT2D eigenvalue weighted by atomic mass is 9.78. The van der Waals surface area contributed by atoms with Crippen molar-refractivity contribution < 1.29 is 0 Å². The van der Waals surface area contributed by atoms with E-state index in [0.29, 0.717) is 0 Å². The number of rotatable bonds is 3. The molecule has 0 aliphatic rings. The third kappa shape index (κ3) is 5.34. The van der Waals surface area contributed by atoms with Crippen molar-refractivity contribution in [2.45, 2.75) is 91.4 Å². The van der Waals surface area contributed by atoms with Crippen LogP contribution in [-0.2, 0) is 16.2 Å². The van der Waals surface area contributed by atoms with E-state index in [1.165, 1.54) is 38.9 Å². The molecule has 170 valence electrons. The van der Waals surface area contributed by atoms with Crippen LogP contribution in [0.1, 0.15) is 107 Å². The van der Waals surface area contributed by atoms with Gasteiger partial charge in [-0.05, 0) is 62.1 Å². The van der Waals surface area contributed by atoms with E-state index in [9.17, 15) is 0 Å². The van der Waals surface area contributed by atoms with Gasteiger partial charge in [0.05, 0.1) is 0 Å². The molecule has 0 nitrogen and oxygen atoms in total. The van der Waals surface area contributed by atoms with Gasteiger partial charge in [-0.25, -0.2) is 0 Å². The summed E-state index contributed by atoms with van der Waals surface area (Å²) in [5.41, 5.74) is 10.1. The molecule has 3 aromatic carbocycles. The fraction of sp³-hybridized carbons (Fsp3) is 0.438. The van der Waals surface area contributed by atoms with Crippen molar-refractivity contribution in [1.29, 1.82) is 0 Å². The van der Waals surface area contributed by atoms with Crippen LogP contribution in [0, 0.1) is 6.92 Å². The first-order valence-electron chi connectivity index (χ1n) is 12.0. The highest BCUT2D eigenvalue weighted by atomic mass is 14.3. The smallest absolute Gasteiger partial charge is 0.0342 e. The number of benzene rings is 3. The minimum absolute atomic E-state index is 0.154. The Morgan fingerprint density at radius 3 is 1.12 bits per heavy atom. The molecule has 0 N–H and O–H groups in total. The van der Waals surface area contributed by atoms with Gasteiger partial charge >= 0.3 is 0 Å². The average molecular weight is 427 g/mol. The molecule has 0 heteroatoms. The van der Waals surface area contributed by atoms with Gasteiger partial charge in [0, 0.05) is 5.92 Å². The van der Waals surface area contributed by atoms with Crippen molar-refractivity contribution in [1.82, 2.24) is 0 Å². The molecule has 0 heterocycles. The Balaban J connectivity index is 2.14. The predicted octanol–water partition coefficient (Wildman–Crippen LogP) is 9.07. The van der Waals surface area contributed by atoms with Crippen LogP contribution in [0.25, 0.3) is 0 Å². The summed E-state index contributed by atoms with van der Waals surface area (Å²) in [5, 5.41) is 0. The van der Waals surface area contributed by atoms with Crippen LogP contribution in [0.4, 0.5) is 0 Å². The highest BCUT2D eigenvalue weighted by Gasteiger charge is 2.23. The van der Waals surface area contributed by atoms with Gasteiger partial charge in [-0.1, -0.05) is 129 Å². The molecule has 0 saturated carbocycles. The van der Waals surface area contributed by atoms with Gasteiger partial charge in [0.2, 0.25) is 0 Å². The summed E-state index contributed by atoms with van der Waals surface area (Å²) in [6, 6.07) is 25.6. The Morgan fingerprint density at radius 2 is 0.812 bits per heavy atom. The molecule has 0 aliphatic heterocycles. The number of hydrogen-bond donors (Lipinski definition) is 0. The van der Waals surface area contributed by atoms with E-state index < -0.39 is 0 Å². The minimum atomic E-state index is 0.154. The molecule has 3 rings (SSSR count). The normalized spacial score (nSPS) is 13.0. The first-order chi connectivity index (χ1) is 14.7. The summed E-state index contributed by atoms with van der Waals surface area (Å²) in [5.74, 6) is 0.229. The van der Waals surface area contributed by atoms with Gasteiger partial charge in [0.1, 0.15) is 0 Å². The zero-order chi connectivity index (χ0) is 23.9. The lowest BCUT2D eigenvalue weighted by Gasteiger charge is -2.26. The summed E-state index contributed by atoms with van der Waals surface area (Å²) < 4.78 is 0. The van der Waals surface area contributed by atoms with Crippen LogP contribution in [0.5, 0.6) is 0 Å². The Labute approximate surface area is 197 Å². The maximum absolute atomic E-state index is 2.38. The first-order valence-corrected chi connectivity index (χ1v) is 12.0. The summed E-state index contributed by atoms with van der Waals surface area (Å²) in [6.07, 6.45) is 0. The molecule has 0 fully saturated rings. The van der Waals surface area contributed by atoms with Crippen molar-refractivity contribution in [2.24, 2.45) is 0 Å². The van der Waals surface area contributed by atoms with Gasteiger partial charge < -0.3 is 0 Å². The van der Waals surface area contributed by atoms with Crippen molar-refractivity contribution in [3.8, 4) is 0 Å². The lowest BCUT2D eigenvalue weighted by molar-refractivity contribution is 0.589. The minimum Gasteiger partial charge on any atom is -0.0582 e. The zero-order valence-electron chi connectivity index (χ0n) is 21.9. The fourth-order valence-corrected chi connectivity index (χ4v) is 4.37. The van der Waals surface area contributed by atoms with E-state index in [0.717, 1.165) is 0 Å². The van der Waals surface area contributed by atoms with Crippen LogP contribution in [0.2, 0.25) is 0 Å². The van der Waals surface area contributed by atoms with Crippen molar-refractivity contribution in [2.75, 3.05) is 0 Å². The van der Waals surface area contributed by atoms with Crippen LogP contribution < -0.4 is 0 Å². The Kier molecular flexibility index (Phi) is 6.49. The van der Waals surface area contributed by atoms with Gasteiger partial charge in [-0.3, -0.25) is 0 Å². The molecule has 0 radical (unpaired) electrons. The van der Waals surface area contributed by atoms with Crippen molar-refractivity contribution >= 4 is 0 Å². The van der Waals surface area contributed by atoms with E-state index in [4.69, 9.17) is 0 Å². The molecule has 0 aliphatic carbocycles. The molecule has 0 amide bonds. The van der Waals surface area contributed by atoms with E-state index in [1.807, 2.05) is 0 Å². The topological polar surface area (TPSA) is 0 Å². The lowest BCUT2D eigenvalue weighted by Crippen LogP contribution is -2.14. The number of aryl methyl sites for hydroxylation is 1. The molecule has 0 aromatic heterocycles. The van der Waals surface area contributed by atoms with Crippen LogP contribution >= 0.6 is 0 Å². The molecular formula is C32H42. The molecule has 0 atom stereocenters. The van der Waals surface area contributed by atoms with Crippen molar-refractivity contribution in [3.05, 3.63) is 106 Å². The molecule has 0 spiro atoms. The SMILES string of the molecule is Cc1cc(C(C)(C)C)ccc1C(c1ccc(C(C)(C)C)cc1)c1ccc(C(C)(C)C)cc1. The van der Waals surface area contributed by atoms with Gasteiger partial charge in [-0.2, -0.15) is 0 Å². The van der Waals surface area contributed by atoms with E-state index in [1.54, 1.807) is 0 Å². The Bertz CT molecular complexity index is 986. The van der Waals surface area contributed by atoms with Crippen molar-refractivity contribution in [3.63, 3.8) is 0 Å².